The molecule has 4 rings (SSSR count). The van der Waals surface area contributed by atoms with E-state index in [1.165, 1.54) is 11.6 Å². The van der Waals surface area contributed by atoms with E-state index in [1.54, 1.807) is 18.3 Å². The molecule has 0 radical (unpaired) electrons. The van der Waals surface area contributed by atoms with Gasteiger partial charge in [-0.1, -0.05) is 24.8 Å². The number of hydrogen-bond donors (Lipinski definition) is 1. The molecule has 144 valence electrons. The van der Waals surface area contributed by atoms with Crippen molar-refractivity contribution in [1.29, 1.82) is 0 Å². The van der Waals surface area contributed by atoms with Crippen LogP contribution in [-0.4, -0.2) is 46.0 Å². The molecule has 0 spiro atoms. The zero-order valence-corrected chi connectivity index (χ0v) is 16.0. The van der Waals surface area contributed by atoms with Gasteiger partial charge in [0.25, 0.3) is 0 Å². The Morgan fingerprint density at radius 1 is 1.36 bits per heavy atom. The minimum absolute atomic E-state index is 0.0951. The van der Waals surface area contributed by atoms with E-state index in [2.05, 4.69) is 39.9 Å². The first-order valence-corrected chi connectivity index (χ1v) is 9.54. The summed E-state index contributed by atoms with van der Waals surface area (Å²) in [5.74, 6) is 0.356. The van der Waals surface area contributed by atoms with Crippen molar-refractivity contribution in [3.63, 3.8) is 0 Å². The number of H-pyrrole nitrogens is 1. The normalized spacial score (nSPS) is 14.9. The first-order valence-electron chi connectivity index (χ1n) is 9.54. The molecule has 28 heavy (non-hydrogen) atoms. The third-order valence-corrected chi connectivity index (χ3v) is 5.33. The average molecular weight is 376 g/mol. The lowest BCUT2D eigenvalue weighted by molar-refractivity contribution is -0.125. The monoisotopic (exact) mass is 376 g/mol. The molecule has 0 aliphatic carbocycles. The molecule has 1 aromatic carbocycles. The number of nitrogens with zero attached hydrogens (tertiary/aromatic N) is 3. The van der Waals surface area contributed by atoms with Crippen molar-refractivity contribution in [3.05, 3.63) is 60.6 Å². The van der Waals surface area contributed by atoms with Crippen LogP contribution in [0, 0.1) is 0 Å². The number of rotatable bonds is 5. The summed E-state index contributed by atoms with van der Waals surface area (Å²) in [5, 5.41) is 1.09. The molecule has 1 aliphatic heterocycles. The quantitative estimate of drug-likeness (QED) is 0.690. The maximum Gasteiger partial charge on any atom is 0.245 e. The van der Waals surface area contributed by atoms with Crippen LogP contribution < -0.4 is 0 Å². The molecule has 1 aliphatic rings. The lowest BCUT2D eigenvalue weighted by Gasteiger charge is -2.22. The van der Waals surface area contributed by atoms with Crippen LogP contribution in [0.2, 0.25) is 0 Å². The highest BCUT2D eigenvalue weighted by atomic mass is 16.5. The van der Waals surface area contributed by atoms with Gasteiger partial charge in [-0.05, 0) is 42.0 Å². The fourth-order valence-corrected chi connectivity index (χ4v) is 3.86. The average Bonchev–Trinajstić information content (AvgIpc) is 3.18. The fourth-order valence-electron chi connectivity index (χ4n) is 3.86. The van der Waals surface area contributed by atoms with Crippen LogP contribution >= 0.6 is 0 Å². The highest BCUT2D eigenvalue weighted by Gasteiger charge is 2.22. The number of aromatic amines is 1. The zero-order chi connectivity index (χ0) is 19.5. The van der Waals surface area contributed by atoms with Gasteiger partial charge in [0.2, 0.25) is 5.91 Å². The Hall–Kier alpha value is -2.99. The Bertz CT molecular complexity index is 1000. The molecule has 3 aromatic rings. The van der Waals surface area contributed by atoms with Crippen LogP contribution in [0.25, 0.3) is 22.3 Å². The standard InChI is InChI=1S/C22H24N4O2/c1-3-19(27)26(2)13-15-5-4-6-17(11-15)21-20-18(16-7-9-28-10-8-16)12-23-22(20)25-14-24-21/h3-6,11-12,14,16H,1,7-10,13H2,2H3,(H,23,24,25). The molecule has 6 heteroatoms. The van der Waals surface area contributed by atoms with Gasteiger partial charge in [0.15, 0.2) is 0 Å². The van der Waals surface area contributed by atoms with Crippen LogP contribution in [0.3, 0.4) is 0 Å². The Balaban J connectivity index is 1.73. The highest BCUT2D eigenvalue weighted by Crippen LogP contribution is 2.36. The summed E-state index contributed by atoms with van der Waals surface area (Å²) in [6, 6.07) is 8.17. The molecule has 1 saturated heterocycles. The van der Waals surface area contributed by atoms with Crippen LogP contribution in [0.4, 0.5) is 0 Å². The van der Waals surface area contributed by atoms with Crippen LogP contribution in [0.5, 0.6) is 0 Å². The SMILES string of the molecule is C=CC(=O)N(C)Cc1cccc(-c2ncnc3[nH]cc(C4CCOCC4)c23)c1. The Morgan fingerprint density at radius 2 is 2.18 bits per heavy atom. The van der Waals surface area contributed by atoms with Crippen molar-refractivity contribution in [1.82, 2.24) is 19.9 Å². The summed E-state index contributed by atoms with van der Waals surface area (Å²) in [7, 11) is 1.77. The van der Waals surface area contributed by atoms with Gasteiger partial charge < -0.3 is 14.6 Å². The van der Waals surface area contributed by atoms with Crippen molar-refractivity contribution in [2.24, 2.45) is 0 Å². The van der Waals surface area contributed by atoms with Gasteiger partial charge in [-0.15, -0.1) is 0 Å². The Morgan fingerprint density at radius 3 is 2.96 bits per heavy atom. The van der Waals surface area contributed by atoms with E-state index in [9.17, 15) is 4.79 Å². The van der Waals surface area contributed by atoms with Gasteiger partial charge in [0.05, 0.1) is 5.69 Å². The second-order valence-electron chi connectivity index (χ2n) is 7.18. The fraction of sp³-hybridized carbons (Fsp3) is 0.318. The summed E-state index contributed by atoms with van der Waals surface area (Å²) >= 11 is 0. The topological polar surface area (TPSA) is 71.1 Å². The van der Waals surface area contributed by atoms with Gasteiger partial charge in [0, 0.05) is 44.0 Å². The smallest absolute Gasteiger partial charge is 0.245 e. The first-order chi connectivity index (χ1) is 13.7. The molecule has 0 saturated carbocycles. The summed E-state index contributed by atoms with van der Waals surface area (Å²) in [6.45, 7) is 5.65. The van der Waals surface area contributed by atoms with Crippen molar-refractivity contribution in [3.8, 4) is 11.3 Å². The minimum Gasteiger partial charge on any atom is -0.381 e. The molecule has 3 heterocycles. The summed E-state index contributed by atoms with van der Waals surface area (Å²) in [4.78, 5) is 25.8. The molecular weight excluding hydrogens is 352 g/mol. The van der Waals surface area contributed by atoms with Gasteiger partial charge in [-0.3, -0.25) is 4.79 Å². The van der Waals surface area contributed by atoms with Crippen molar-refractivity contribution < 1.29 is 9.53 Å². The molecule has 2 aromatic heterocycles. The van der Waals surface area contributed by atoms with E-state index in [-0.39, 0.29) is 5.91 Å². The molecule has 1 fully saturated rings. The number of fused-ring (bicyclic) bond motifs is 1. The van der Waals surface area contributed by atoms with Crippen LogP contribution in [0.1, 0.15) is 29.9 Å². The number of amides is 1. The minimum atomic E-state index is -0.0951. The number of carbonyl (C=O) groups is 1. The number of ether oxygens (including phenoxy) is 1. The molecular formula is C22H24N4O2. The molecule has 0 atom stereocenters. The Labute approximate surface area is 164 Å². The Kier molecular flexibility index (Phi) is 5.21. The number of aromatic nitrogens is 3. The molecule has 1 amide bonds. The highest BCUT2D eigenvalue weighted by molar-refractivity contribution is 5.94. The van der Waals surface area contributed by atoms with Gasteiger partial charge in [-0.2, -0.15) is 0 Å². The maximum atomic E-state index is 11.8. The summed E-state index contributed by atoms with van der Waals surface area (Å²) in [5.41, 5.74) is 5.11. The summed E-state index contributed by atoms with van der Waals surface area (Å²) < 4.78 is 5.53. The lowest BCUT2D eigenvalue weighted by Crippen LogP contribution is -2.23. The second-order valence-corrected chi connectivity index (χ2v) is 7.18. The predicted octanol–water partition coefficient (Wildman–Crippen LogP) is 3.66. The van der Waals surface area contributed by atoms with Gasteiger partial charge in [0.1, 0.15) is 12.0 Å². The number of carbonyl (C=O) groups excluding carboxylic acids is 1. The third kappa shape index (κ3) is 3.55. The van der Waals surface area contributed by atoms with Crippen LogP contribution in [-0.2, 0) is 16.1 Å². The summed E-state index contributed by atoms with van der Waals surface area (Å²) in [6.07, 6.45) is 7.02. The number of likely N-dealkylation sites (N-methyl/N-ethyl adjacent to an activating group) is 1. The molecule has 0 unspecified atom stereocenters. The van der Waals surface area contributed by atoms with Gasteiger partial charge in [-0.25, -0.2) is 9.97 Å². The van der Waals surface area contributed by atoms with Crippen molar-refractivity contribution in [2.45, 2.75) is 25.3 Å². The van der Waals surface area contributed by atoms with Gasteiger partial charge >= 0.3 is 0 Å². The maximum absolute atomic E-state index is 11.8. The number of nitrogens with one attached hydrogen (secondary N) is 1. The largest absolute Gasteiger partial charge is 0.381 e. The van der Waals surface area contributed by atoms with E-state index in [4.69, 9.17) is 4.74 Å². The number of hydrogen-bond acceptors (Lipinski definition) is 4. The molecule has 1 N–H and O–H groups in total. The van der Waals surface area contributed by atoms with E-state index in [0.29, 0.717) is 12.5 Å². The van der Waals surface area contributed by atoms with E-state index in [0.717, 1.165) is 53.9 Å². The lowest BCUT2D eigenvalue weighted by atomic mass is 9.90. The van der Waals surface area contributed by atoms with E-state index >= 15 is 0 Å². The van der Waals surface area contributed by atoms with E-state index < -0.39 is 0 Å². The number of benzene rings is 1. The third-order valence-electron chi connectivity index (χ3n) is 5.33. The van der Waals surface area contributed by atoms with Crippen molar-refractivity contribution in [2.75, 3.05) is 20.3 Å². The van der Waals surface area contributed by atoms with Crippen molar-refractivity contribution >= 4 is 16.9 Å². The second kappa shape index (κ2) is 7.94. The van der Waals surface area contributed by atoms with Crippen LogP contribution in [0.15, 0.2) is 49.4 Å². The molecule has 0 bridgehead atoms. The predicted molar refractivity (Wildman–Crippen MR) is 109 cm³/mol. The van der Waals surface area contributed by atoms with E-state index in [1.807, 2.05) is 12.1 Å². The first kappa shape index (κ1) is 18.4. The zero-order valence-electron chi connectivity index (χ0n) is 16.0. The molecule has 6 nitrogen and oxygen atoms in total.